The van der Waals surface area contributed by atoms with Gasteiger partial charge in [-0.2, -0.15) is 0 Å². The van der Waals surface area contributed by atoms with Crippen LogP contribution >= 0.6 is 25.3 Å². The van der Waals surface area contributed by atoms with E-state index in [0.29, 0.717) is 0 Å². The van der Waals surface area contributed by atoms with Gasteiger partial charge in [-0.25, -0.2) is 0 Å². The third-order valence-corrected chi connectivity index (χ3v) is 4.36. The second kappa shape index (κ2) is 7.14. The van der Waals surface area contributed by atoms with Crippen molar-refractivity contribution >= 4 is 25.3 Å². The molecule has 0 aliphatic carbocycles. The van der Waals surface area contributed by atoms with E-state index >= 15 is 0 Å². The molecule has 0 bridgehead atoms. The Morgan fingerprint density at radius 1 is 0.857 bits per heavy atom. The quantitative estimate of drug-likeness (QED) is 0.769. The summed E-state index contributed by atoms with van der Waals surface area (Å²) < 4.78 is 10.7. The largest absolute Gasteiger partial charge is 0.496 e. The fraction of sp³-hybridized carbons (Fsp3) is 0.294. The first-order chi connectivity index (χ1) is 10.1. The average Bonchev–Trinajstić information content (AvgIpc) is 2.51. The van der Waals surface area contributed by atoms with E-state index in [-0.39, 0.29) is 5.92 Å². The summed E-state index contributed by atoms with van der Waals surface area (Å²) in [5, 5.41) is 0. The molecule has 0 N–H and O–H groups in total. The van der Waals surface area contributed by atoms with E-state index in [1.165, 1.54) is 11.1 Å². The predicted molar refractivity (Wildman–Crippen MR) is 92.6 cm³/mol. The molecule has 0 unspecified atom stereocenters. The van der Waals surface area contributed by atoms with Gasteiger partial charge in [0.15, 0.2) is 0 Å². The number of thiol groups is 2. The normalized spacial score (nSPS) is 10.8. The van der Waals surface area contributed by atoms with Crippen LogP contribution in [-0.2, 0) is 0 Å². The maximum absolute atomic E-state index is 5.37. The third kappa shape index (κ3) is 3.50. The van der Waals surface area contributed by atoms with Crippen LogP contribution in [0.3, 0.4) is 0 Å². The van der Waals surface area contributed by atoms with Crippen molar-refractivity contribution < 1.29 is 9.47 Å². The second-order valence-corrected chi connectivity index (χ2v) is 5.79. The number of rotatable bonds is 5. The number of ether oxygens (including phenoxy) is 2. The van der Waals surface area contributed by atoms with E-state index in [0.717, 1.165) is 27.7 Å². The lowest BCUT2D eigenvalue weighted by atomic mass is 9.89. The Balaban J connectivity index is 2.44. The zero-order chi connectivity index (χ0) is 15.4. The Morgan fingerprint density at radius 3 is 1.62 bits per heavy atom. The maximum Gasteiger partial charge on any atom is 0.132 e. The third-order valence-electron chi connectivity index (χ3n) is 3.62. The Morgan fingerprint density at radius 2 is 1.29 bits per heavy atom. The molecule has 0 radical (unpaired) electrons. The zero-order valence-electron chi connectivity index (χ0n) is 12.5. The summed E-state index contributed by atoms with van der Waals surface area (Å²) in [6.45, 7) is 2.17. The van der Waals surface area contributed by atoms with Crippen LogP contribution in [0.1, 0.15) is 30.4 Å². The fourth-order valence-corrected chi connectivity index (χ4v) is 2.95. The van der Waals surface area contributed by atoms with Gasteiger partial charge in [-0.15, -0.1) is 25.3 Å². The van der Waals surface area contributed by atoms with E-state index in [4.69, 9.17) is 9.47 Å². The zero-order valence-corrected chi connectivity index (χ0v) is 14.2. The van der Waals surface area contributed by atoms with Crippen molar-refractivity contribution in [3.8, 4) is 11.5 Å². The molecule has 112 valence electrons. The Kier molecular flexibility index (Phi) is 5.48. The van der Waals surface area contributed by atoms with Crippen LogP contribution in [0.25, 0.3) is 0 Å². The summed E-state index contributed by atoms with van der Waals surface area (Å²) in [7, 11) is 3.33. The van der Waals surface area contributed by atoms with Crippen LogP contribution in [0.4, 0.5) is 0 Å². The molecule has 0 aliphatic rings. The van der Waals surface area contributed by atoms with E-state index in [1.807, 2.05) is 12.1 Å². The van der Waals surface area contributed by atoms with Crippen LogP contribution in [-0.4, -0.2) is 14.2 Å². The van der Waals surface area contributed by atoms with Gasteiger partial charge in [0.2, 0.25) is 0 Å². The molecule has 2 rings (SSSR count). The van der Waals surface area contributed by atoms with Crippen LogP contribution in [0.5, 0.6) is 11.5 Å². The van der Waals surface area contributed by atoms with E-state index in [1.54, 1.807) is 14.2 Å². The molecule has 21 heavy (non-hydrogen) atoms. The summed E-state index contributed by atoms with van der Waals surface area (Å²) in [6, 6.07) is 12.3. The number of hydrogen-bond donors (Lipinski definition) is 2. The molecule has 0 saturated carbocycles. The van der Waals surface area contributed by atoms with Crippen molar-refractivity contribution in [1.82, 2.24) is 0 Å². The average molecular weight is 320 g/mol. The molecule has 0 amide bonds. The molecule has 2 aromatic rings. The van der Waals surface area contributed by atoms with Gasteiger partial charge in [-0.05, 0) is 41.8 Å². The molecule has 2 aromatic carbocycles. The molecule has 0 saturated heterocycles. The summed E-state index contributed by atoms with van der Waals surface area (Å²) in [5.74, 6) is 1.88. The van der Waals surface area contributed by atoms with Crippen molar-refractivity contribution in [2.45, 2.75) is 29.1 Å². The van der Waals surface area contributed by atoms with Gasteiger partial charge in [-0.1, -0.05) is 19.1 Å². The molecule has 0 aliphatic heterocycles. The van der Waals surface area contributed by atoms with Crippen molar-refractivity contribution in [2.75, 3.05) is 14.2 Å². The molecule has 0 spiro atoms. The smallest absolute Gasteiger partial charge is 0.132 e. The minimum absolute atomic E-state index is 0.288. The molecular weight excluding hydrogens is 300 g/mol. The first-order valence-electron chi connectivity index (χ1n) is 6.84. The van der Waals surface area contributed by atoms with Gasteiger partial charge in [0.05, 0.1) is 14.2 Å². The fourth-order valence-electron chi connectivity index (χ4n) is 2.49. The molecule has 2 nitrogen and oxygen atoms in total. The number of methoxy groups -OCH3 is 2. The van der Waals surface area contributed by atoms with Gasteiger partial charge >= 0.3 is 0 Å². The van der Waals surface area contributed by atoms with Gasteiger partial charge in [0.1, 0.15) is 11.5 Å². The van der Waals surface area contributed by atoms with Crippen LogP contribution < -0.4 is 9.47 Å². The number of hydrogen-bond acceptors (Lipinski definition) is 4. The van der Waals surface area contributed by atoms with Crippen LogP contribution in [0.15, 0.2) is 46.2 Å². The van der Waals surface area contributed by atoms with Crippen molar-refractivity contribution in [1.29, 1.82) is 0 Å². The minimum atomic E-state index is 0.288. The Bertz CT molecular complexity index is 573. The van der Waals surface area contributed by atoms with E-state index in [9.17, 15) is 0 Å². The highest BCUT2D eigenvalue weighted by molar-refractivity contribution is 7.80. The van der Waals surface area contributed by atoms with Crippen molar-refractivity contribution in [3.63, 3.8) is 0 Å². The van der Waals surface area contributed by atoms with E-state index < -0.39 is 0 Å². The molecule has 0 atom stereocenters. The Labute approximate surface area is 137 Å². The summed E-state index contributed by atoms with van der Waals surface area (Å²) in [4.78, 5) is 1.69. The molecule has 0 heterocycles. The monoisotopic (exact) mass is 320 g/mol. The highest BCUT2D eigenvalue weighted by Crippen LogP contribution is 2.35. The highest BCUT2D eigenvalue weighted by Gasteiger charge is 2.15. The predicted octanol–water partition coefficient (Wildman–Crippen LogP) is 4.82. The van der Waals surface area contributed by atoms with Crippen molar-refractivity contribution in [2.24, 2.45) is 0 Å². The van der Waals surface area contributed by atoms with E-state index in [2.05, 4.69) is 56.4 Å². The lowest BCUT2D eigenvalue weighted by Crippen LogP contribution is -2.01. The number of benzene rings is 2. The molecule has 0 fully saturated rings. The Hall–Kier alpha value is -1.26. The first kappa shape index (κ1) is 16.1. The second-order valence-electron chi connectivity index (χ2n) is 4.82. The van der Waals surface area contributed by atoms with Gasteiger partial charge < -0.3 is 9.47 Å². The minimum Gasteiger partial charge on any atom is -0.496 e. The molecular formula is C17H20O2S2. The molecule has 4 heteroatoms. The van der Waals surface area contributed by atoms with Crippen molar-refractivity contribution in [3.05, 3.63) is 47.5 Å². The lowest BCUT2D eigenvalue weighted by Gasteiger charge is -2.18. The topological polar surface area (TPSA) is 18.5 Å². The SMILES string of the molecule is CCC(c1ccc(S)c(OC)c1)c1ccc(S)c(OC)c1. The summed E-state index contributed by atoms with van der Waals surface area (Å²) in [6.07, 6.45) is 0.990. The maximum atomic E-state index is 5.37. The summed E-state index contributed by atoms with van der Waals surface area (Å²) in [5.41, 5.74) is 2.42. The summed E-state index contributed by atoms with van der Waals surface area (Å²) >= 11 is 8.80. The van der Waals surface area contributed by atoms with Gasteiger partial charge in [0, 0.05) is 15.7 Å². The lowest BCUT2D eigenvalue weighted by molar-refractivity contribution is 0.403. The van der Waals surface area contributed by atoms with Crippen LogP contribution in [0, 0.1) is 0 Å². The van der Waals surface area contributed by atoms with Crippen LogP contribution in [0.2, 0.25) is 0 Å². The van der Waals surface area contributed by atoms with Gasteiger partial charge in [-0.3, -0.25) is 0 Å². The first-order valence-corrected chi connectivity index (χ1v) is 7.74. The molecule has 0 aromatic heterocycles. The standard InChI is InChI=1S/C17H20O2S2/c1-4-13(11-5-7-16(20)14(9-11)18-2)12-6-8-17(21)15(10-12)19-3/h5-10,13,20-21H,4H2,1-3H3. The van der Waals surface area contributed by atoms with Gasteiger partial charge in [0.25, 0.3) is 0 Å². The highest BCUT2D eigenvalue weighted by atomic mass is 32.1.